The first-order valence-electron chi connectivity index (χ1n) is 8.37. The van der Waals surface area contributed by atoms with Crippen LogP contribution in [0.3, 0.4) is 0 Å². The van der Waals surface area contributed by atoms with Gasteiger partial charge in [0.1, 0.15) is 0 Å². The van der Waals surface area contributed by atoms with E-state index in [1.807, 2.05) is 13.1 Å². The van der Waals surface area contributed by atoms with Crippen LogP contribution in [0.1, 0.15) is 32.1 Å². The molecular weight excluding hydrogens is 403 g/mol. The van der Waals surface area contributed by atoms with E-state index in [2.05, 4.69) is 30.1 Å². The summed E-state index contributed by atoms with van der Waals surface area (Å²) in [6, 6.07) is 2.46. The lowest BCUT2D eigenvalue weighted by molar-refractivity contribution is 0.346. The average molecular weight is 430 g/mol. The van der Waals surface area contributed by atoms with Crippen molar-refractivity contribution in [2.24, 2.45) is 4.99 Å². The molecule has 0 bridgehead atoms. The molecule has 1 aliphatic carbocycles. The highest BCUT2D eigenvalue weighted by atomic mass is 127. The topological polar surface area (TPSA) is 56.7 Å². The predicted molar refractivity (Wildman–Crippen MR) is 105 cm³/mol. The zero-order valence-corrected chi connectivity index (χ0v) is 16.1. The quantitative estimate of drug-likeness (QED) is 0.443. The van der Waals surface area contributed by atoms with Gasteiger partial charge in [-0.15, -0.1) is 24.0 Å². The first-order chi connectivity index (χ1) is 10.9. The second-order valence-corrected chi connectivity index (χ2v) is 6.05. The number of hydrogen-bond donors (Lipinski definition) is 1. The highest BCUT2D eigenvalue weighted by Crippen LogP contribution is 2.18. The van der Waals surface area contributed by atoms with E-state index in [1.54, 1.807) is 12.4 Å². The summed E-state index contributed by atoms with van der Waals surface area (Å²) in [5.74, 6) is 1.89. The van der Waals surface area contributed by atoms with E-state index in [-0.39, 0.29) is 24.0 Å². The predicted octanol–water partition coefficient (Wildman–Crippen LogP) is 2.12. The van der Waals surface area contributed by atoms with Gasteiger partial charge >= 0.3 is 0 Å². The normalized spacial score (nSPS) is 20.1. The molecule has 128 valence electrons. The monoisotopic (exact) mass is 430 g/mol. The van der Waals surface area contributed by atoms with E-state index >= 15 is 0 Å². The molecule has 0 amide bonds. The largest absolute Gasteiger partial charge is 0.354 e. The van der Waals surface area contributed by atoms with E-state index < -0.39 is 0 Å². The van der Waals surface area contributed by atoms with Gasteiger partial charge in [0.05, 0.1) is 0 Å². The third-order valence-electron chi connectivity index (χ3n) is 4.56. The molecule has 0 unspecified atom stereocenters. The second kappa shape index (κ2) is 9.24. The summed E-state index contributed by atoms with van der Waals surface area (Å²) in [7, 11) is 1.89. The molecule has 0 radical (unpaired) electrons. The van der Waals surface area contributed by atoms with Gasteiger partial charge in [0.15, 0.2) is 5.96 Å². The molecule has 1 saturated carbocycles. The third-order valence-corrected chi connectivity index (χ3v) is 4.56. The maximum atomic E-state index is 4.49. The molecule has 2 fully saturated rings. The average Bonchev–Trinajstić information content (AvgIpc) is 2.61. The molecule has 1 aliphatic heterocycles. The van der Waals surface area contributed by atoms with Crippen molar-refractivity contribution in [3.63, 3.8) is 0 Å². The Labute approximate surface area is 155 Å². The van der Waals surface area contributed by atoms with Gasteiger partial charge < -0.3 is 15.1 Å². The maximum Gasteiger partial charge on any atom is 0.225 e. The Morgan fingerprint density at radius 1 is 1.09 bits per heavy atom. The fourth-order valence-electron chi connectivity index (χ4n) is 3.30. The molecule has 23 heavy (non-hydrogen) atoms. The smallest absolute Gasteiger partial charge is 0.225 e. The van der Waals surface area contributed by atoms with E-state index in [0.717, 1.165) is 38.1 Å². The minimum atomic E-state index is 0. The SMILES string of the molecule is CN=C(NC1CCCCC1)N1CCN(c2ncccn2)CC1.I. The number of hydrogen-bond acceptors (Lipinski definition) is 4. The van der Waals surface area contributed by atoms with Crippen LogP contribution in [0.5, 0.6) is 0 Å². The van der Waals surface area contributed by atoms with Crippen LogP contribution in [-0.2, 0) is 0 Å². The molecule has 6 nitrogen and oxygen atoms in total. The molecule has 0 aromatic carbocycles. The first-order valence-corrected chi connectivity index (χ1v) is 8.37. The number of anilines is 1. The van der Waals surface area contributed by atoms with Gasteiger partial charge in [-0.25, -0.2) is 9.97 Å². The zero-order chi connectivity index (χ0) is 15.2. The molecule has 2 aliphatic rings. The summed E-state index contributed by atoms with van der Waals surface area (Å²) in [4.78, 5) is 17.8. The summed E-state index contributed by atoms with van der Waals surface area (Å²) in [6.45, 7) is 3.81. The molecule has 2 heterocycles. The second-order valence-electron chi connectivity index (χ2n) is 6.05. The Morgan fingerprint density at radius 2 is 1.74 bits per heavy atom. The van der Waals surface area contributed by atoms with Gasteiger partial charge in [0.2, 0.25) is 5.95 Å². The lowest BCUT2D eigenvalue weighted by Gasteiger charge is -2.38. The Morgan fingerprint density at radius 3 is 2.35 bits per heavy atom. The standard InChI is InChI=1S/C16H26N6.HI/c1-17-15(20-14-6-3-2-4-7-14)21-10-12-22(13-11-21)16-18-8-5-9-19-16;/h5,8-9,14H,2-4,6-7,10-13H2,1H3,(H,17,20);1H. The molecular formula is C16H27IN6. The number of aromatic nitrogens is 2. The van der Waals surface area contributed by atoms with Gasteiger partial charge in [-0.1, -0.05) is 19.3 Å². The fourth-order valence-corrected chi connectivity index (χ4v) is 3.30. The Balaban J connectivity index is 0.00000192. The molecule has 1 aromatic heterocycles. The van der Waals surface area contributed by atoms with Crippen LogP contribution in [-0.4, -0.2) is 60.1 Å². The van der Waals surface area contributed by atoms with Crippen molar-refractivity contribution in [2.45, 2.75) is 38.1 Å². The summed E-state index contributed by atoms with van der Waals surface area (Å²) in [5, 5.41) is 3.66. The molecule has 7 heteroatoms. The lowest BCUT2D eigenvalue weighted by Crippen LogP contribution is -2.54. The van der Waals surface area contributed by atoms with Crippen LogP contribution < -0.4 is 10.2 Å². The number of guanidine groups is 1. The summed E-state index contributed by atoms with van der Waals surface area (Å²) in [6.07, 6.45) is 10.2. The van der Waals surface area contributed by atoms with Crippen LogP contribution in [0.15, 0.2) is 23.5 Å². The van der Waals surface area contributed by atoms with Crippen molar-refractivity contribution >= 4 is 35.9 Å². The van der Waals surface area contributed by atoms with Gasteiger partial charge in [0, 0.05) is 51.7 Å². The van der Waals surface area contributed by atoms with Crippen molar-refractivity contribution in [1.29, 1.82) is 0 Å². The van der Waals surface area contributed by atoms with Crippen molar-refractivity contribution in [2.75, 3.05) is 38.1 Å². The lowest BCUT2D eigenvalue weighted by atomic mass is 9.96. The Bertz CT molecular complexity index is 481. The molecule has 0 spiro atoms. The van der Waals surface area contributed by atoms with Gasteiger partial charge in [-0.2, -0.15) is 0 Å². The zero-order valence-electron chi connectivity index (χ0n) is 13.8. The van der Waals surface area contributed by atoms with Gasteiger partial charge in [-0.05, 0) is 18.9 Å². The van der Waals surface area contributed by atoms with Crippen molar-refractivity contribution < 1.29 is 0 Å². The highest BCUT2D eigenvalue weighted by Gasteiger charge is 2.23. The van der Waals surface area contributed by atoms with Gasteiger partial charge in [-0.3, -0.25) is 4.99 Å². The van der Waals surface area contributed by atoms with Crippen LogP contribution in [0.4, 0.5) is 5.95 Å². The third kappa shape index (κ3) is 4.92. The van der Waals surface area contributed by atoms with Crippen LogP contribution in [0.25, 0.3) is 0 Å². The minimum absolute atomic E-state index is 0. The maximum absolute atomic E-state index is 4.49. The molecule has 0 atom stereocenters. The molecule has 3 rings (SSSR count). The van der Waals surface area contributed by atoms with E-state index in [4.69, 9.17) is 0 Å². The van der Waals surface area contributed by atoms with E-state index in [9.17, 15) is 0 Å². The first kappa shape index (κ1) is 18.2. The number of nitrogens with zero attached hydrogens (tertiary/aromatic N) is 5. The van der Waals surface area contributed by atoms with Crippen LogP contribution in [0.2, 0.25) is 0 Å². The number of piperazine rings is 1. The molecule has 1 N–H and O–H groups in total. The van der Waals surface area contributed by atoms with Gasteiger partial charge in [0.25, 0.3) is 0 Å². The number of nitrogens with one attached hydrogen (secondary N) is 1. The van der Waals surface area contributed by atoms with Crippen molar-refractivity contribution in [3.8, 4) is 0 Å². The van der Waals surface area contributed by atoms with Crippen LogP contribution in [0, 0.1) is 0 Å². The minimum Gasteiger partial charge on any atom is -0.354 e. The summed E-state index contributed by atoms with van der Waals surface area (Å²) in [5.41, 5.74) is 0. The summed E-state index contributed by atoms with van der Waals surface area (Å²) >= 11 is 0. The van der Waals surface area contributed by atoms with E-state index in [0.29, 0.717) is 6.04 Å². The molecule has 1 aromatic rings. The Kier molecular flexibility index (Phi) is 7.32. The number of halogens is 1. The number of rotatable bonds is 2. The number of aliphatic imine (C=N–C) groups is 1. The molecule has 1 saturated heterocycles. The van der Waals surface area contributed by atoms with E-state index in [1.165, 1.54) is 32.1 Å². The fraction of sp³-hybridized carbons (Fsp3) is 0.688. The van der Waals surface area contributed by atoms with Crippen molar-refractivity contribution in [1.82, 2.24) is 20.2 Å². The van der Waals surface area contributed by atoms with Crippen LogP contribution >= 0.6 is 24.0 Å². The Hall–Kier alpha value is -1.12. The highest BCUT2D eigenvalue weighted by molar-refractivity contribution is 14.0. The van der Waals surface area contributed by atoms with Crippen molar-refractivity contribution in [3.05, 3.63) is 18.5 Å². The summed E-state index contributed by atoms with van der Waals surface area (Å²) < 4.78 is 0.